The van der Waals surface area contributed by atoms with E-state index >= 15 is 0 Å². The number of nitrogens with zero attached hydrogens (tertiary/aromatic N) is 2. The van der Waals surface area contributed by atoms with Gasteiger partial charge in [-0.25, -0.2) is 4.58 Å². The fourth-order valence-corrected chi connectivity index (χ4v) is 8.73. The van der Waals surface area contributed by atoms with Crippen molar-refractivity contribution in [1.29, 1.82) is 0 Å². The molecule has 0 spiro atoms. The molecule has 6 rings (SSSR count). The van der Waals surface area contributed by atoms with Crippen LogP contribution in [0.5, 0.6) is 0 Å². The van der Waals surface area contributed by atoms with E-state index in [9.17, 15) is 13.0 Å². The molecule has 0 saturated heterocycles. The molecule has 0 saturated carbocycles. The van der Waals surface area contributed by atoms with Crippen LogP contribution >= 0.6 is 23.5 Å². The van der Waals surface area contributed by atoms with Crippen LogP contribution in [0.25, 0.3) is 33.4 Å². The third kappa shape index (κ3) is 8.64. The summed E-state index contributed by atoms with van der Waals surface area (Å²) in [6.07, 6.45) is 2.04. The Morgan fingerprint density at radius 3 is 2.06 bits per heavy atom. The van der Waals surface area contributed by atoms with Gasteiger partial charge >= 0.3 is 0 Å². The number of anilines is 1. The molecular weight excluding hydrogens is 681 g/mol. The van der Waals surface area contributed by atoms with Gasteiger partial charge in [-0.3, -0.25) is 4.55 Å². The van der Waals surface area contributed by atoms with Crippen LogP contribution in [0.4, 0.5) is 5.69 Å². The highest BCUT2D eigenvalue weighted by molar-refractivity contribution is 7.99. The van der Waals surface area contributed by atoms with E-state index in [0.29, 0.717) is 16.9 Å². The van der Waals surface area contributed by atoms with Crippen LogP contribution in [0.1, 0.15) is 26.7 Å². The first-order valence-electron chi connectivity index (χ1n) is 17.1. The molecule has 4 aromatic rings. The number of thioether (sulfide) groups is 2. The Hall–Kier alpha value is -4.02. The van der Waals surface area contributed by atoms with Crippen LogP contribution in [0.3, 0.4) is 0 Å². The van der Waals surface area contributed by atoms with E-state index in [0.717, 1.165) is 78.1 Å². The number of hydrogen-bond acceptors (Lipinski definition) is 6. The van der Waals surface area contributed by atoms with Gasteiger partial charge in [0.1, 0.15) is 29.3 Å². The molecule has 0 radical (unpaired) electrons. The Balaban J connectivity index is 1.38. The van der Waals surface area contributed by atoms with Crippen LogP contribution in [0.2, 0.25) is 0 Å². The summed E-state index contributed by atoms with van der Waals surface area (Å²) in [5, 5.41) is 1.83. The topological polar surface area (TPSA) is 73.8 Å². The van der Waals surface area contributed by atoms with E-state index in [1.165, 1.54) is 15.9 Å². The van der Waals surface area contributed by atoms with Crippen LogP contribution in [0.15, 0.2) is 140 Å². The molecule has 1 heterocycles. The monoisotopic (exact) mass is 723 g/mol. The fraction of sp³-hybridized carbons (Fsp3) is 0.244. The zero-order valence-electron chi connectivity index (χ0n) is 28.5. The number of rotatable bonds is 15. The minimum atomic E-state index is -4.49. The van der Waals surface area contributed by atoms with Gasteiger partial charge in [-0.1, -0.05) is 54.6 Å². The summed E-state index contributed by atoms with van der Waals surface area (Å²) < 4.78 is 44.5. The number of benzene rings is 5. The van der Waals surface area contributed by atoms with Crippen molar-refractivity contribution in [3.8, 4) is 22.5 Å². The van der Waals surface area contributed by atoms with Crippen molar-refractivity contribution < 1.29 is 17.4 Å². The average molecular weight is 724 g/mol. The first-order valence-corrected chi connectivity index (χ1v) is 20.5. The van der Waals surface area contributed by atoms with Gasteiger partial charge in [-0.15, -0.1) is 23.5 Å². The highest BCUT2D eigenvalue weighted by Crippen LogP contribution is 2.43. The molecule has 258 valence electrons. The number of fused-ring (bicyclic) bond motifs is 2. The molecule has 0 unspecified atom stereocenters. The summed E-state index contributed by atoms with van der Waals surface area (Å²) in [4.78, 5) is 4.77. The maximum atomic E-state index is 12.6. The maximum Gasteiger partial charge on any atom is 0.295 e. The summed E-state index contributed by atoms with van der Waals surface area (Å²) >= 11 is 3.73. The molecule has 4 aromatic carbocycles. The predicted octanol–water partition coefficient (Wildman–Crippen LogP) is 9.43. The smallest absolute Gasteiger partial charge is 0.295 e. The third-order valence-electron chi connectivity index (χ3n) is 8.79. The second-order valence-corrected chi connectivity index (χ2v) is 15.7. The third-order valence-corrected chi connectivity index (χ3v) is 11.9. The van der Waals surface area contributed by atoms with Crippen LogP contribution in [-0.2, 0) is 10.1 Å². The Morgan fingerprint density at radius 2 is 1.40 bits per heavy atom. The zero-order valence-corrected chi connectivity index (χ0v) is 30.9. The Bertz CT molecular complexity index is 2190. The Morgan fingerprint density at radius 1 is 0.740 bits per heavy atom. The molecule has 2 aliphatic rings. The Kier molecular flexibility index (Phi) is 12.0. The minimum absolute atomic E-state index is 0.126. The molecule has 50 heavy (non-hydrogen) atoms. The summed E-state index contributed by atoms with van der Waals surface area (Å²) in [5.41, 5.74) is 3.65. The molecule has 0 amide bonds. The molecule has 9 heteroatoms. The van der Waals surface area contributed by atoms with Crippen molar-refractivity contribution in [1.82, 2.24) is 4.58 Å². The van der Waals surface area contributed by atoms with Gasteiger partial charge in [0.05, 0.1) is 6.07 Å². The average Bonchev–Trinajstić information content (AvgIpc) is 3.14. The van der Waals surface area contributed by atoms with Crippen molar-refractivity contribution in [2.75, 3.05) is 42.6 Å². The molecule has 1 aliphatic heterocycles. The highest BCUT2D eigenvalue weighted by atomic mass is 32.2. The van der Waals surface area contributed by atoms with Crippen molar-refractivity contribution >= 4 is 50.3 Å². The van der Waals surface area contributed by atoms with Crippen molar-refractivity contribution in [3.05, 3.63) is 127 Å². The second kappa shape index (κ2) is 16.8. The summed E-state index contributed by atoms with van der Waals surface area (Å²) in [6.45, 7) is 7.78. The molecule has 1 N–H and O–H groups in total. The molecule has 6 nitrogen and oxygen atoms in total. The van der Waals surface area contributed by atoms with Gasteiger partial charge in [0.25, 0.3) is 10.1 Å². The SMILES string of the molecule is CCN(CCCSc1ccccc1)c1ccc2c(-c3ccccc3S(=O)(=O)O)c3ccc(=[N+](CC)CCCSc4ccccc4)cc-3oc2c1. The first-order chi connectivity index (χ1) is 24.4. The molecule has 0 aromatic heterocycles. The van der Waals surface area contributed by atoms with E-state index in [1.807, 2.05) is 47.8 Å². The normalized spacial score (nSPS) is 12.4. The van der Waals surface area contributed by atoms with Crippen LogP contribution in [-0.4, -0.2) is 50.7 Å². The van der Waals surface area contributed by atoms with E-state index in [1.54, 1.807) is 18.2 Å². The van der Waals surface area contributed by atoms with E-state index in [-0.39, 0.29) is 4.90 Å². The maximum absolute atomic E-state index is 12.6. The minimum Gasteiger partial charge on any atom is -0.456 e. The second-order valence-electron chi connectivity index (χ2n) is 12.0. The quantitative estimate of drug-likeness (QED) is 0.0372. The lowest BCUT2D eigenvalue weighted by molar-refractivity contribution is 0.483. The molecule has 0 fully saturated rings. The summed E-state index contributed by atoms with van der Waals surface area (Å²) in [7, 11) is -4.49. The van der Waals surface area contributed by atoms with Crippen LogP contribution < -0.4 is 14.8 Å². The van der Waals surface area contributed by atoms with Gasteiger partial charge in [0.15, 0.2) is 0 Å². The molecule has 0 bridgehead atoms. The molecule has 0 atom stereocenters. The first kappa shape index (κ1) is 35.8. The lowest BCUT2D eigenvalue weighted by Crippen LogP contribution is -2.31. The van der Waals surface area contributed by atoms with E-state index < -0.39 is 10.1 Å². The standard InChI is InChI=1S/C41H42N2O4S3/c1-3-42(25-13-27-48-33-15-7-5-8-16-33)31-21-23-35-38(29-31)47-39-30-32(43(4-2)26-14-28-49-34-17-9-6-10-18-34)22-24-36(39)41(35)37-19-11-12-20-40(37)50(44,45)46/h5-12,15-24,29-30H,3-4,13-14,25-28H2,1-2H3/p+1. The fourth-order valence-electron chi connectivity index (χ4n) is 6.31. The molecular formula is C41H43N2O4S3+. The largest absolute Gasteiger partial charge is 0.456 e. The van der Waals surface area contributed by atoms with Crippen molar-refractivity contribution in [2.45, 2.75) is 41.4 Å². The van der Waals surface area contributed by atoms with Crippen molar-refractivity contribution in [3.63, 3.8) is 0 Å². The lowest BCUT2D eigenvalue weighted by atomic mass is 9.93. The van der Waals surface area contributed by atoms with Gasteiger partial charge in [-0.2, -0.15) is 8.42 Å². The summed E-state index contributed by atoms with van der Waals surface area (Å²) in [6, 6.07) is 39.9. The van der Waals surface area contributed by atoms with Gasteiger partial charge in [-0.05, 0) is 74.6 Å². The van der Waals surface area contributed by atoms with Gasteiger partial charge in [0, 0.05) is 75.0 Å². The van der Waals surface area contributed by atoms with Crippen LogP contribution in [0, 0.1) is 0 Å². The highest BCUT2D eigenvalue weighted by Gasteiger charge is 2.24. The van der Waals surface area contributed by atoms with E-state index in [2.05, 4.69) is 96.1 Å². The molecule has 1 aliphatic carbocycles. The zero-order chi connectivity index (χ0) is 34.9. The van der Waals surface area contributed by atoms with Crippen molar-refractivity contribution in [2.24, 2.45) is 0 Å². The van der Waals surface area contributed by atoms with Gasteiger partial charge in [0.2, 0.25) is 5.36 Å². The Labute approximate surface area is 304 Å². The lowest BCUT2D eigenvalue weighted by Gasteiger charge is -2.24. The predicted molar refractivity (Wildman–Crippen MR) is 210 cm³/mol. The number of hydrogen-bond donors (Lipinski definition) is 1. The summed E-state index contributed by atoms with van der Waals surface area (Å²) in [5.74, 6) is 2.69. The van der Waals surface area contributed by atoms with E-state index in [4.69, 9.17) is 4.42 Å². The van der Waals surface area contributed by atoms with Gasteiger partial charge < -0.3 is 9.32 Å².